The van der Waals surface area contributed by atoms with E-state index in [1.807, 2.05) is 19.1 Å². The number of hydrogen-bond donors (Lipinski definition) is 2. The zero-order valence-corrected chi connectivity index (χ0v) is 11.4. The molecule has 2 N–H and O–H groups in total. The molecule has 0 heterocycles. The smallest absolute Gasteiger partial charge is 0.124 e. The molecule has 1 rings (SSSR count). The minimum atomic E-state index is 0.0937. The molecular formula is C14H20ClNO2. The topological polar surface area (TPSA) is 41.5 Å². The monoisotopic (exact) mass is 269 g/mol. The Morgan fingerprint density at radius 3 is 2.94 bits per heavy atom. The van der Waals surface area contributed by atoms with E-state index in [4.69, 9.17) is 21.4 Å². The second kappa shape index (κ2) is 8.14. The predicted molar refractivity (Wildman–Crippen MR) is 75.1 cm³/mol. The number of aliphatic hydroxyl groups excluding tert-OH is 1. The Labute approximate surface area is 113 Å². The Hall–Kier alpha value is -1.03. The fourth-order valence-electron chi connectivity index (χ4n) is 1.57. The Morgan fingerprint density at radius 1 is 1.56 bits per heavy atom. The molecule has 100 valence electrons. The van der Waals surface area contributed by atoms with Crippen LogP contribution in [0.1, 0.15) is 18.9 Å². The standard InChI is InChI=1S/C14H20ClNO2/c1-3-7-18-14-6-5-12(15)8-11(14)9-16-13(4-2)10-17/h3,5-6,8,13,16-17H,1,4,7,9-10H2,2H3. The van der Waals surface area contributed by atoms with Crippen LogP contribution in [-0.2, 0) is 6.54 Å². The summed E-state index contributed by atoms with van der Waals surface area (Å²) in [6, 6.07) is 5.61. The zero-order chi connectivity index (χ0) is 13.4. The van der Waals surface area contributed by atoms with Gasteiger partial charge in [0, 0.05) is 23.2 Å². The molecule has 1 aromatic carbocycles. The number of nitrogens with one attached hydrogen (secondary N) is 1. The third kappa shape index (κ3) is 4.69. The van der Waals surface area contributed by atoms with Gasteiger partial charge >= 0.3 is 0 Å². The van der Waals surface area contributed by atoms with Gasteiger partial charge in [-0.05, 0) is 24.6 Å². The average molecular weight is 270 g/mol. The van der Waals surface area contributed by atoms with Crippen LogP contribution in [0.25, 0.3) is 0 Å². The molecule has 0 amide bonds. The summed E-state index contributed by atoms with van der Waals surface area (Å²) in [5.41, 5.74) is 0.983. The molecule has 0 aliphatic rings. The minimum absolute atomic E-state index is 0.0937. The Balaban J connectivity index is 2.71. The van der Waals surface area contributed by atoms with Crippen LogP contribution in [-0.4, -0.2) is 24.4 Å². The maximum absolute atomic E-state index is 9.14. The molecule has 0 radical (unpaired) electrons. The van der Waals surface area contributed by atoms with E-state index in [1.165, 1.54) is 0 Å². The van der Waals surface area contributed by atoms with Gasteiger partial charge in [-0.3, -0.25) is 0 Å². The number of ether oxygens (including phenoxy) is 1. The van der Waals surface area contributed by atoms with Crippen molar-refractivity contribution in [3.05, 3.63) is 41.4 Å². The lowest BCUT2D eigenvalue weighted by Gasteiger charge is -2.16. The van der Waals surface area contributed by atoms with E-state index in [0.29, 0.717) is 18.2 Å². The second-order valence-electron chi connectivity index (χ2n) is 4.02. The van der Waals surface area contributed by atoms with Gasteiger partial charge < -0.3 is 15.2 Å². The van der Waals surface area contributed by atoms with Gasteiger partial charge in [0.1, 0.15) is 12.4 Å². The van der Waals surface area contributed by atoms with Gasteiger partial charge in [-0.1, -0.05) is 31.2 Å². The van der Waals surface area contributed by atoms with Gasteiger partial charge in [0.2, 0.25) is 0 Å². The van der Waals surface area contributed by atoms with Crippen molar-refractivity contribution in [1.29, 1.82) is 0 Å². The molecule has 18 heavy (non-hydrogen) atoms. The highest BCUT2D eigenvalue weighted by atomic mass is 35.5. The molecule has 4 heteroatoms. The second-order valence-corrected chi connectivity index (χ2v) is 4.46. The highest BCUT2D eigenvalue weighted by Gasteiger charge is 2.08. The molecule has 0 saturated heterocycles. The maximum atomic E-state index is 9.14. The van der Waals surface area contributed by atoms with Gasteiger partial charge in [0.15, 0.2) is 0 Å². The van der Waals surface area contributed by atoms with Crippen LogP contribution in [0.5, 0.6) is 5.75 Å². The first kappa shape index (κ1) is 15.0. The molecule has 0 fully saturated rings. The third-order valence-electron chi connectivity index (χ3n) is 2.67. The summed E-state index contributed by atoms with van der Waals surface area (Å²) in [6.45, 7) is 6.86. The van der Waals surface area contributed by atoms with Crippen molar-refractivity contribution in [2.24, 2.45) is 0 Å². The van der Waals surface area contributed by atoms with Crippen molar-refractivity contribution in [2.75, 3.05) is 13.2 Å². The third-order valence-corrected chi connectivity index (χ3v) is 2.91. The summed E-state index contributed by atoms with van der Waals surface area (Å²) in [6.07, 6.45) is 2.58. The Kier molecular flexibility index (Phi) is 6.80. The summed E-state index contributed by atoms with van der Waals surface area (Å²) < 4.78 is 5.56. The van der Waals surface area contributed by atoms with Gasteiger partial charge in [-0.15, -0.1) is 0 Å². The molecule has 0 saturated carbocycles. The van der Waals surface area contributed by atoms with E-state index in [9.17, 15) is 0 Å². The van der Waals surface area contributed by atoms with Gasteiger partial charge in [0.05, 0.1) is 6.61 Å². The summed E-state index contributed by atoms with van der Waals surface area (Å²) in [4.78, 5) is 0. The van der Waals surface area contributed by atoms with Gasteiger partial charge in [-0.25, -0.2) is 0 Å². The van der Waals surface area contributed by atoms with E-state index < -0.39 is 0 Å². The quantitative estimate of drug-likeness (QED) is 0.713. The van der Waals surface area contributed by atoms with Crippen LogP contribution in [0.3, 0.4) is 0 Å². The molecule has 1 atom stereocenters. The number of halogens is 1. The Morgan fingerprint density at radius 2 is 2.33 bits per heavy atom. The van der Waals surface area contributed by atoms with Crippen LogP contribution in [0.15, 0.2) is 30.9 Å². The predicted octanol–water partition coefficient (Wildman–Crippen LogP) is 2.77. The van der Waals surface area contributed by atoms with Crippen molar-refractivity contribution in [1.82, 2.24) is 5.32 Å². The SMILES string of the molecule is C=CCOc1ccc(Cl)cc1CNC(CC)CO. The zero-order valence-electron chi connectivity index (χ0n) is 10.7. The summed E-state index contributed by atoms with van der Waals surface area (Å²) in [5.74, 6) is 0.791. The van der Waals surface area contributed by atoms with Crippen LogP contribution >= 0.6 is 11.6 Å². The van der Waals surface area contributed by atoms with Crippen LogP contribution in [0.2, 0.25) is 5.02 Å². The number of rotatable bonds is 8. The van der Waals surface area contributed by atoms with Crippen molar-refractivity contribution in [3.8, 4) is 5.75 Å². The van der Waals surface area contributed by atoms with Crippen molar-refractivity contribution in [2.45, 2.75) is 25.9 Å². The van der Waals surface area contributed by atoms with E-state index in [2.05, 4.69) is 11.9 Å². The van der Waals surface area contributed by atoms with Crippen molar-refractivity contribution in [3.63, 3.8) is 0 Å². The molecular weight excluding hydrogens is 250 g/mol. The molecule has 0 aliphatic carbocycles. The van der Waals surface area contributed by atoms with Gasteiger partial charge in [0.25, 0.3) is 0 Å². The molecule has 0 bridgehead atoms. The van der Waals surface area contributed by atoms with Crippen LogP contribution < -0.4 is 10.1 Å². The molecule has 1 aromatic rings. The first-order chi connectivity index (χ1) is 8.71. The fraction of sp³-hybridized carbons (Fsp3) is 0.429. The molecule has 0 spiro atoms. The number of aliphatic hydroxyl groups is 1. The maximum Gasteiger partial charge on any atom is 0.124 e. The molecule has 0 aromatic heterocycles. The molecule has 1 unspecified atom stereocenters. The first-order valence-electron chi connectivity index (χ1n) is 6.07. The van der Waals surface area contributed by atoms with Crippen molar-refractivity contribution < 1.29 is 9.84 Å². The lowest BCUT2D eigenvalue weighted by molar-refractivity contribution is 0.237. The van der Waals surface area contributed by atoms with E-state index in [1.54, 1.807) is 12.1 Å². The average Bonchev–Trinajstić information content (AvgIpc) is 2.39. The van der Waals surface area contributed by atoms with Crippen LogP contribution in [0.4, 0.5) is 0 Å². The summed E-state index contributed by atoms with van der Waals surface area (Å²) in [5, 5.41) is 13.1. The number of hydrogen-bond acceptors (Lipinski definition) is 3. The fourth-order valence-corrected chi connectivity index (χ4v) is 1.76. The largest absolute Gasteiger partial charge is 0.489 e. The summed E-state index contributed by atoms with van der Waals surface area (Å²) in [7, 11) is 0. The molecule has 3 nitrogen and oxygen atoms in total. The van der Waals surface area contributed by atoms with E-state index >= 15 is 0 Å². The Bertz CT molecular complexity index is 378. The first-order valence-corrected chi connectivity index (χ1v) is 6.45. The normalized spacial score (nSPS) is 12.2. The minimum Gasteiger partial charge on any atom is -0.489 e. The van der Waals surface area contributed by atoms with Crippen LogP contribution in [0, 0.1) is 0 Å². The van der Waals surface area contributed by atoms with E-state index in [-0.39, 0.29) is 12.6 Å². The highest BCUT2D eigenvalue weighted by Crippen LogP contribution is 2.23. The highest BCUT2D eigenvalue weighted by molar-refractivity contribution is 6.30. The lowest BCUT2D eigenvalue weighted by Crippen LogP contribution is -2.31. The van der Waals surface area contributed by atoms with Gasteiger partial charge in [-0.2, -0.15) is 0 Å². The van der Waals surface area contributed by atoms with Crippen molar-refractivity contribution >= 4 is 11.6 Å². The molecule has 0 aliphatic heterocycles. The number of benzene rings is 1. The summed E-state index contributed by atoms with van der Waals surface area (Å²) >= 11 is 5.98. The van der Waals surface area contributed by atoms with E-state index in [0.717, 1.165) is 17.7 Å². The lowest BCUT2D eigenvalue weighted by atomic mass is 10.1.